The Kier molecular flexibility index (Phi) is 5.43. The van der Waals surface area contributed by atoms with Crippen molar-refractivity contribution >= 4 is 29.7 Å². The van der Waals surface area contributed by atoms with Crippen LogP contribution in [0.25, 0.3) is 0 Å². The fraction of sp³-hybridized carbons (Fsp3) is 0.583. The van der Waals surface area contributed by atoms with Crippen LogP contribution in [0.15, 0.2) is 12.1 Å². The van der Waals surface area contributed by atoms with Crippen LogP contribution in [0.3, 0.4) is 0 Å². The van der Waals surface area contributed by atoms with Crippen LogP contribution in [-0.4, -0.2) is 25.0 Å². The van der Waals surface area contributed by atoms with E-state index in [9.17, 15) is 4.79 Å². The molecule has 1 atom stereocenters. The molecule has 1 aliphatic rings. The van der Waals surface area contributed by atoms with Gasteiger partial charge in [0, 0.05) is 35.3 Å². The number of hydrogen-bond acceptors (Lipinski definition) is 3. The van der Waals surface area contributed by atoms with E-state index in [4.69, 9.17) is 0 Å². The number of amides is 1. The second-order valence-corrected chi connectivity index (χ2v) is 5.85. The zero-order valence-electron chi connectivity index (χ0n) is 10.2. The summed E-state index contributed by atoms with van der Waals surface area (Å²) in [5.41, 5.74) is 0. The molecule has 1 unspecified atom stereocenters. The Morgan fingerprint density at radius 3 is 2.76 bits per heavy atom. The summed E-state index contributed by atoms with van der Waals surface area (Å²) in [5, 5.41) is 6.18. The SMILES string of the molecule is Cc1ccc(CC(C)NC(=O)C2CNC2)s1.Cl. The summed E-state index contributed by atoms with van der Waals surface area (Å²) in [7, 11) is 0. The van der Waals surface area contributed by atoms with E-state index in [0.717, 1.165) is 19.5 Å². The van der Waals surface area contributed by atoms with E-state index in [-0.39, 0.29) is 30.3 Å². The molecule has 3 nitrogen and oxygen atoms in total. The van der Waals surface area contributed by atoms with Crippen molar-refractivity contribution in [2.45, 2.75) is 26.3 Å². The predicted molar refractivity (Wildman–Crippen MR) is 74.0 cm³/mol. The molecular formula is C12H19ClN2OS. The molecule has 0 bridgehead atoms. The highest BCUT2D eigenvalue weighted by Crippen LogP contribution is 2.16. The summed E-state index contributed by atoms with van der Waals surface area (Å²) >= 11 is 1.81. The van der Waals surface area contributed by atoms with Gasteiger partial charge in [0.2, 0.25) is 5.91 Å². The summed E-state index contributed by atoms with van der Waals surface area (Å²) in [6, 6.07) is 4.50. The van der Waals surface area contributed by atoms with Gasteiger partial charge >= 0.3 is 0 Å². The normalized spacial score (nSPS) is 16.8. The summed E-state index contributed by atoms with van der Waals surface area (Å²) < 4.78 is 0. The van der Waals surface area contributed by atoms with Gasteiger partial charge in [-0.15, -0.1) is 23.7 Å². The quantitative estimate of drug-likeness (QED) is 0.878. The molecular weight excluding hydrogens is 256 g/mol. The molecule has 2 heterocycles. The second-order valence-electron chi connectivity index (χ2n) is 4.48. The molecule has 1 aromatic rings. The molecule has 17 heavy (non-hydrogen) atoms. The maximum atomic E-state index is 11.7. The molecule has 96 valence electrons. The van der Waals surface area contributed by atoms with Crippen LogP contribution in [0.5, 0.6) is 0 Å². The zero-order chi connectivity index (χ0) is 11.5. The summed E-state index contributed by atoms with van der Waals surface area (Å²) in [6.45, 7) is 5.84. The lowest BCUT2D eigenvalue weighted by atomic mass is 10.0. The Morgan fingerprint density at radius 1 is 1.59 bits per heavy atom. The van der Waals surface area contributed by atoms with Gasteiger partial charge in [0.1, 0.15) is 0 Å². The lowest BCUT2D eigenvalue weighted by molar-refractivity contribution is -0.127. The highest BCUT2D eigenvalue weighted by molar-refractivity contribution is 7.11. The lowest BCUT2D eigenvalue weighted by Crippen LogP contribution is -2.52. The van der Waals surface area contributed by atoms with Gasteiger partial charge in [-0.25, -0.2) is 0 Å². The van der Waals surface area contributed by atoms with Gasteiger partial charge < -0.3 is 10.6 Å². The first-order chi connectivity index (χ1) is 7.65. The largest absolute Gasteiger partial charge is 0.353 e. The fourth-order valence-electron chi connectivity index (χ4n) is 1.78. The average molecular weight is 275 g/mol. The molecule has 2 N–H and O–H groups in total. The van der Waals surface area contributed by atoms with Crippen molar-refractivity contribution in [3.63, 3.8) is 0 Å². The third-order valence-corrected chi connectivity index (χ3v) is 3.87. The molecule has 0 aliphatic carbocycles. The van der Waals surface area contributed by atoms with E-state index >= 15 is 0 Å². The van der Waals surface area contributed by atoms with Gasteiger partial charge in [0.25, 0.3) is 0 Å². The number of carbonyl (C=O) groups is 1. The topological polar surface area (TPSA) is 41.1 Å². The Bertz CT molecular complexity index is 376. The van der Waals surface area contributed by atoms with Crippen LogP contribution in [-0.2, 0) is 11.2 Å². The van der Waals surface area contributed by atoms with Crippen LogP contribution >= 0.6 is 23.7 Å². The Balaban J connectivity index is 0.00000144. The van der Waals surface area contributed by atoms with Crippen molar-refractivity contribution < 1.29 is 4.79 Å². The minimum atomic E-state index is 0. The molecule has 2 rings (SSSR count). The number of aryl methyl sites for hydroxylation is 1. The van der Waals surface area contributed by atoms with Gasteiger partial charge in [-0.3, -0.25) is 4.79 Å². The van der Waals surface area contributed by atoms with E-state index in [1.54, 1.807) is 0 Å². The van der Waals surface area contributed by atoms with Gasteiger partial charge in [-0.05, 0) is 26.0 Å². The van der Waals surface area contributed by atoms with Crippen molar-refractivity contribution in [1.82, 2.24) is 10.6 Å². The van der Waals surface area contributed by atoms with Crippen LogP contribution in [0.1, 0.15) is 16.7 Å². The first-order valence-corrected chi connectivity index (χ1v) is 6.53. The number of rotatable bonds is 4. The minimum Gasteiger partial charge on any atom is -0.353 e. The highest BCUT2D eigenvalue weighted by Gasteiger charge is 2.25. The summed E-state index contributed by atoms with van der Waals surface area (Å²) in [6.07, 6.45) is 0.935. The maximum absolute atomic E-state index is 11.7. The molecule has 0 saturated carbocycles. The molecule has 5 heteroatoms. The molecule has 0 spiro atoms. The summed E-state index contributed by atoms with van der Waals surface area (Å²) in [4.78, 5) is 14.4. The Hall–Kier alpha value is -0.580. The molecule has 0 radical (unpaired) electrons. The predicted octanol–water partition coefficient (Wildman–Crippen LogP) is 1.74. The van der Waals surface area contributed by atoms with Crippen molar-refractivity contribution in [2.24, 2.45) is 5.92 Å². The summed E-state index contributed by atoms with van der Waals surface area (Å²) in [5.74, 6) is 0.382. The van der Waals surface area contributed by atoms with Crippen molar-refractivity contribution in [1.29, 1.82) is 0 Å². The third kappa shape index (κ3) is 3.98. The van der Waals surface area contributed by atoms with Gasteiger partial charge in [-0.2, -0.15) is 0 Å². The van der Waals surface area contributed by atoms with Crippen LogP contribution in [0.4, 0.5) is 0 Å². The molecule has 1 amide bonds. The number of carbonyl (C=O) groups excluding carboxylic acids is 1. The smallest absolute Gasteiger partial charge is 0.225 e. The number of halogens is 1. The Morgan fingerprint density at radius 2 is 2.29 bits per heavy atom. The van der Waals surface area contributed by atoms with Gasteiger partial charge in [-0.1, -0.05) is 0 Å². The standard InChI is InChI=1S/C12H18N2OS.ClH/c1-8(5-11-4-3-9(2)16-11)14-12(15)10-6-13-7-10;/h3-4,8,10,13H,5-7H2,1-2H3,(H,14,15);1H. The van der Waals surface area contributed by atoms with Gasteiger partial charge in [0.15, 0.2) is 0 Å². The van der Waals surface area contributed by atoms with E-state index in [0.29, 0.717) is 0 Å². The monoisotopic (exact) mass is 274 g/mol. The van der Waals surface area contributed by atoms with Crippen molar-refractivity contribution in [2.75, 3.05) is 13.1 Å². The van der Waals surface area contributed by atoms with Crippen LogP contribution in [0, 0.1) is 12.8 Å². The number of nitrogens with one attached hydrogen (secondary N) is 2. The van der Waals surface area contributed by atoms with Crippen LogP contribution in [0.2, 0.25) is 0 Å². The molecule has 0 aromatic carbocycles. The van der Waals surface area contributed by atoms with Crippen molar-refractivity contribution in [3.05, 3.63) is 21.9 Å². The third-order valence-electron chi connectivity index (χ3n) is 2.84. The van der Waals surface area contributed by atoms with E-state index < -0.39 is 0 Å². The average Bonchev–Trinajstić information content (AvgIpc) is 2.47. The fourth-order valence-corrected chi connectivity index (χ4v) is 2.80. The maximum Gasteiger partial charge on any atom is 0.225 e. The number of thiophene rings is 1. The molecule has 1 aliphatic heterocycles. The van der Waals surface area contributed by atoms with E-state index in [1.165, 1.54) is 9.75 Å². The van der Waals surface area contributed by atoms with Gasteiger partial charge in [0.05, 0.1) is 5.92 Å². The second kappa shape index (κ2) is 6.38. The molecule has 1 saturated heterocycles. The first-order valence-electron chi connectivity index (χ1n) is 5.71. The molecule has 1 aromatic heterocycles. The number of hydrogen-bond donors (Lipinski definition) is 2. The van der Waals surface area contributed by atoms with E-state index in [1.807, 2.05) is 11.3 Å². The van der Waals surface area contributed by atoms with Crippen molar-refractivity contribution in [3.8, 4) is 0 Å². The first kappa shape index (κ1) is 14.5. The highest BCUT2D eigenvalue weighted by atomic mass is 35.5. The zero-order valence-corrected chi connectivity index (χ0v) is 11.8. The Labute approximate surface area is 112 Å². The molecule has 1 fully saturated rings. The minimum absolute atomic E-state index is 0. The van der Waals surface area contributed by atoms with Crippen LogP contribution < -0.4 is 10.6 Å². The lowest BCUT2D eigenvalue weighted by Gasteiger charge is -2.27. The van der Waals surface area contributed by atoms with E-state index in [2.05, 4.69) is 36.6 Å².